The number of rotatable bonds is 1. The lowest BCUT2D eigenvalue weighted by Crippen LogP contribution is -2.14. The molecule has 0 aliphatic heterocycles. The maximum absolute atomic E-state index is 14.2. The summed E-state index contributed by atoms with van der Waals surface area (Å²) < 4.78 is 15.7. The molecule has 20 heavy (non-hydrogen) atoms. The lowest BCUT2D eigenvalue weighted by Gasteiger charge is -2.21. The average molecular weight is 336 g/mol. The predicted octanol–water partition coefficient (Wildman–Crippen LogP) is 5.48. The molecule has 0 N–H and O–H groups in total. The molecule has 2 nitrogen and oxygen atoms in total. The maximum atomic E-state index is 14.2. The van der Waals surface area contributed by atoms with Crippen LogP contribution in [0.1, 0.15) is 26.3 Å². The van der Waals surface area contributed by atoms with Crippen LogP contribution >= 0.6 is 34.8 Å². The highest BCUT2D eigenvalue weighted by Crippen LogP contribution is 2.36. The van der Waals surface area contributed by atoms with Gasteiger partial charge in [-0.1, -0.05) is 44.0 Å². The molecule has 1 aromatic heterocycles. The topological polar surface area (TPSA) is 17.8 Å². The Morgan fingerprint density at radius 2 is 1.75 bits per heavy atom. The largest absolute Gasteiger partial charge is 0.308 e. The zero-order chi connectivity index (χ0) is 15.2. The molecule has 0 bridgehead atoms. The molecule has 0 spiro atoms. The Bertz CT molecular complexity index is 672. The van der Waals surface area contributed by atoms with E-state index in [9.17, 15) is 4.39 Å². The summed E-state index contributed by atoms with van der Waals surface area (Å²) in [7, 11) is 1.71. The van der Waals surface area contributed by atoms with Gasteiger partial charge in [-0.3, -0.25) is 0 Å². The van der Waals surface area contributed by atoms with Gasteiger partial charge in [0.25, 0.3) is 0 Å². The van der Waals surface area contributed by atoms with Crippen molar-refractivity contribution < 1.29 is 4.39 Å². The lowest BCUT2D eigenvalue weighted by molar-refractivity contribution is 0.523. The van der Waals surface area contributed by atoms with E-state index in [1.54, 1.807) is 17.7 Å². The lowest BCUT2D eigenvalue weighted by atomic mass is 9.85. The number of nitrogens with zero attached hydrogens (tertiary/aromatic N) is 2. The Hall–Kier alpha value is -0.770. The highest BCUT2D eigenvalue weighted by Gasteiger charge is 2.23. The monoisotopic (exact) mass is 334 g/mol. The van der Waals surface area contributed by atoms with Gasteiger partial charge in [0.2, 0.25) is 5.28 Å². The van der Waals surface area contributed by atoms with E-state index in [0.29, 0.717) is 22.0 Å². The number of hydrogen-bond acceptors (Lipinski definition) is 1. The second kappa shape index (κ2) is 5.21. The van der Waals surface area contributed by atoms with Crippen LogP contribution in [0.15, 0.2) is 12.1 Å². The van der Waals surface area contributed by atoms with Gasteiger partial charge in [0, 0.05) is 12.6 Å². The van der Waals surface area contributed by atoms with Crippen molar-refractivity contribution in [3.8, 4) is 11.3 Å². The van der Waals surface area contributed by atoms with Gasteiger partial charge in [0.1, 0.15) is 16.7 Å². The summed E-state index contributed by atoms with van der Waals surface area (Å²) in [5, 5.41) is 0.700. The van der Waals surface area contributed by atoms with Gasteiger partial charge < -0.3 is 4.57 Å². The van der Waals surface area contributed by atoms with Crippen LogP contribution in [0, 0.1) is 5.82 Å². The van der Waals surface area contributed by atoms with Gasteiger partial charge in [-0.2, -0.15) is 0 Å². The van der Waals surface area contributed by atoms with Crippen LogP contribution in [0.2, 0.25) is 15.5 Å². The van der Waals surface area contributed by atoms with Crippen LogP contribution in [0.25, 0.3) is 11.3 Å². The number of imidazole rings is 1. The smallest absolute Gasteiger partial charge is 0.204 e. The first-order valence-electron chi connectivity index (χ1n) is 6.00. The summed E-state index contributed by atoms with van der Waals surface area (Å²) in [5.41, 5.74) is 1.27. The molecule has 2 aromatic rings. The van der Waals surface area contributed by atoms with E-state index in [4.69, 9.17) is 34.8 Å². The number of halogens is 4. The third-order valence-electron chi connectivity index (χ3n) is 3.08. The van der Waals surface area contributed by atoms with Crippen LogP contribution in [0.3, 0.4) is 0 Å². The fourth-order valence-electron chi connectivity index (χ4n) is 1.91. The van der Waals surface area contributed by atoms with Crippen molar-refractivity contribution in [2.24, 2.45) is 7.05 Å². The third-order valence-corrected chi connectivity index (χ3v) is 4.13. The molecule has 0 aliphatic rings. The second-order valence-electron chi connectivity index (χ2n) is 5.65. The summed E-state index contributed by atoms with van der Waals surface area (Å²) in [6, 6.07) is 3.22. The molecular weight excluding hydrogens is 322 g/mol. The summed E-state index contributed by atoms with van der Waals surface area (Å²) >= 11 is 18.1. The van der Waals surface area contributed by atoms with E-state index in [-0.39, 0.29) is 15.7 Å². The molecular formula is C14H14Cl3FN2. The third kappa shape index (κ3) is 2.67. The van der Waals surface area contributed by atoms with E-state index in [1.165, 1.54) is 6.07 Å². The normalized spacial score (nSPS) is 12.0. The summed E-state index contributed by atoms with van der Waals surface area (Å²) in [6.07, 6.45) is 0. The van der Waals surface area contributed by atoms with Gasteiger partial charge in [-0.05, 0) is 34.7 Å². The summed E-state index contributed by atoms with van der Waals surface area (Å²) in [4.78, 5) is 4.19. The molecule has 6 heteroatoms. The Balaban J connectivity index is 2.70. The minimum absolute atomic E-state index is 0.0465. The van der Waals surface area contributed by atoms with Crippen LogP contribution in [-0.2, 0) is 12.5 Å². The van der Waals surface area contributed by atoms with Gasteiger partial charge in [-0.15, -0.1) is 0 Å². The zero-order valence-corrected chi connectivity index (χ0v) is 13.8. The highest BCUT2D eigenvalue weighted by atomic mass is 35.5. The van der Waals surface area contributed by atoms with Crippen molar-refractivity contribution in [1.82, 2.24) is 9.55 Å². The van der Waals surface area contributed by atoms with Gasteiger partial charge in [-0.25, -0.2) is 9.37 Å². The van der Waals surface area contributed by atoms with Crippen molar-refractivity contribution >= 4 is 34.8 Å². The number of hydrogen-bond donors (Lipinski definition) is 0. The van der Waals surface area contributed by atoms with Crippen LogP contribution < -0.4 is 0 Å². The molecule has 0 radical (unpaired) electrons. The molecule has 0 atom stereocenters. The predicted molar refractivity (Wildman–Crippen MR) is 82.3 cm³/mol. The Kier molecular flexibility index (Phi) is 4.07. The van der Waals surface area contributed by atoms with Crippen molar-refractivity contribution in [3.63, 3.8) is 0 Å². The van der Waals surface area contributed by atoms with Crippen LogP contribution in [0.5, 0.6) is 0 Å². The molecule has 1 aromatic carbocycles. The molecule has 0 unspecified atom stereocenters. The van der Waals surface area contributed by atoms with Crippen molar-refractivity contribution in [2.45, 2.75) is 26.2 Å². The van der Waals surface area contributed by atoms with E-state index in [1.807, 2.05) is 20.8 Å². The molecule has 0 saturated carbocycles. The molecule has 2 rings (SSSR count). The van der Waals surface area contributed by atoms with Crippen molar-refractivity contribution in [3.05, 3.63) is 39.0 Å². The van der Waals surface area contributed by atoms with E-state index in [2.05, 4.69) is 4.98 Å². The first-order valence-corrected chi connectivity index (χ1v) is 7.14. The zero-order valence-electron chi connectivity index (χ0n) is 11.6. The first-order chi connectivity index (χ1) is 9.12. The molecule has 0 saturated heterocycles. The summed E-state index contributed by atoms with van der Waals surface area (Å²) in [6.45, 7) is 5.75. The Morgan fingerprint density at radius 1 is 1.15 bits per heavy atom. The quantitative estimate of drug-likeness (QED) is 0.674. The summed E-state index contributed by atoms with van der Waals surface area (Å²) in [5.74, 6) is -0.416. The standard InChI is InChI=1S/C14H14Cl3FN2/c1-14(2,3)8-5-7(6-9(15)10(8)18)11-12(16)20(4)13(17)19-11/h5-6H,1-4H3. The van der Waals surface area contributed by atoms with Crippen LogP contribution in [-0.4, -0.2) is 9.55 Å². The second-order valence-corrected chi connectivity index (χ2v) is 6.75. The average Bonchev–Trinajstić information content (AvgIpc) is 2.59. The van der Waals surface area contributed by atoms with Crippen molar-refractivity contribution in [2.75, 3.05) is 0 Å². The van der Waals surface area contributed by atoms with Gasteiger partial charge in [0.15, 0.2) is 0 Å². The van der Waals surface area contributed by atoms with Crippen molar-refractivity contribution in [1.29, 1.82) is 0 Å². The fraction of sp³-hybridized carbons (Fsp3) is 0.357. The molecule has 1 heterocycles. The van der Waals surface area contributed by atoms with Gasteiger partial charge >= 0.3 is 0 Å². The number of benzene rings is 1. The molecule has 0 aliphatic carbocycles. The Labute approximate surface area is 132 Å². The first kappa shape index (κ1) is 15.6. The molecule has 0 amide bonds. The Morgan fingerprint density at radius 3 is 2.20 bits per heavy atom. The fourth-order valence-corrected chi connectivity index (χ4v) is 2.57. The molecule has 0 fully saturated rings. The number of aromatic nitrogens is 2. The minimum Gasteiger partial charge on any atom is -0.308 e. The van der Waals surface area contributed by atoms with E-state index >= 15 is 0 Å². The van der Waals surface area contributed by atoms with Gasteiger partial charge in [0.05, 0.1) is 5.02 Å². The van der Waals surface area contributed by atoms with Crippen LogP contribution in [0.4, 0.5) is 4.39 Å². The highest BCUT2D eigenvalue weighted by molar-refractivity contribution is 6.35. The maximum Gasteiger partial charge on any atom is 0.204 e. The molecule has 108 valence electrons. The van der Waals surface area contributed by atoms with E-state index in [0.717, 1.165) is 0 Å². The van der Waals surface area contributed by atoms with E-state index < -0.39 is 5.82 Å². The SMILES string of the molecule is Cn1c(Cl)nc(-c2cc(Cl)c(F)c(C(C)(C)C)c2)c1Cl. The minimum atomic E-state index is -0.416.